The molecule has 130 valence electrons. The van der Waals surface area contributed by atoms with Crippen molar-refractivity contribution in [1.29, 1.82) is 0 Å². The minimum absolute atomic E-state index is 0.291. The number of benzene rings is 1. The minimum atomic E-state index is -0.616. The number of aromatic nitrogens is 2. The summed E-state index contributed by atoms with van der Waals surface area (Å²) < 4.78 is 33.2. The lowest BCUT2D eigenvalue weighted by Crippen LogP contribution is -2.43. The summed E-state index contributed by atoms with van der Waals surface area (Å²) in [4.78, 5) is 13.4. The van der Waals surface area contributed by atoms with Crippen molar-refractivity contribution >= 4 is 33.1 Å². The maximum absolute atomic E-state index is 14.5. The van der Waals surface area contributed by atoms with Crippen LogP contribution in [0.2, 0.25) is 0 Å². The highest BCUT2D eigenvalue weighted by molar-refractivity contribution is 7.16. The highest BCUT2D eigenvalue weighted by Crippen LogP contribution is 2.33. The summed E-state index contributed by atoms with van der Waals surface area (Å²) in [5.41, 5.74) is 0.291. The highest BCUT2D eigenvalue weighted by Gasteiger charge is 2.22. The van der Waals surface area contributed by atoms with E-state index in [4.69, 9.17) is 4.74 Å². The summed E-state index contributed by atoms with van der Waals surface area (Å²) in [6.45, 7) is 3.21. The van der Waals surface area contributed by atoms with Crippen molar-refractivity contribution in [2.45, 2.75) is 0 Å². The van der Waals surface area contributed by atoms with Crippen molar-refractivity contribution in [1.82, 2.24) is 14.9 Å². The van der Waals surface area contributed by atoms with E-state index in [1.807, 2.05) is 11.4 Å². The molecule has 0 amide bonds. The van der Waals surface area contributed by atoms with Crippen molar-refractivity contribution in [2.75, 3.05) is 37.9 Å². The molecule has 1 saturated heterocycles. The molecule has 0 N–H and O–H groups in total. The molecular formula is C17H16F2N4OS. The summed E-state index contributed by atoms with van der Waals surface area (Å²) in [5, 5.41) is 2.78. The molecule has 0 atom stereocenters. The third-order valence-electron chi connectivity index (χ3n) is 4.14. The normalized spacial score (nSPS) is 15.6. The topological polar surface area (TPSA) is 41.5 Å². The number of hydrogen-bond acceptors (Lipinski definition) is 6. The molecule has 1 fully saturated rings. The van der Waals surface area contributed by atoms with E-state index in [0.717, 1.165) is 29.4 Å². The molecular weight excluding hydrogens is 346 g/mol. The fourth-order valence-electron chi connectivity index (χ4n) is 2.89. The van der Waals surface area contributed by atoms with Gasteiger partial charge >= 0.3 is 0 Å². The van der Waals surface area contributed by atoms with Gasteiger partial charge in [0.15, 0.2) is 0 Å². The second kappa shape index (κ2) is 6.99. The average Bonchev–Trinajstić information content (AvgIpc) is 3.10. The van der Waals surface area contributed by atoms with Crippen LogP contribution < -0.4 is 4.90 Å². The Morgan fingerprint density at radius 2 is 2.00 bits per heavy atom. The van der Waals surface area contributed by atoms with E-state index < -0.39 is 11.6 Å². The van der Waals surface area contributed by atoms with Crippen molar-refractivity contribution in [2.24, 2.45) is 0 Å². The Balaban J connectivity index is 1.78. The zero-order valence-corrected chi connectivity index (χ0v) is 14.2. The van der Waals surface area contributed by atoms with E-state index in [-0.39, 0.29) is 0 Å². The van der Waals surface area contributed by atoms with Gasteiger partial charge in [-0.05, 0) is 23.6 Å². The average molecular weight is 362 g/mol. The van der Waals surface area contributed by atoms with Gasteiger partial charge in [-0.2, -0.15) is 0 Å². The fraction of sp³-hybridized carbons (Fsp3) is 0.294. The Morgan fingerprint density at radius 3 is 2.80 bits per heavy atom. The number of anilines is 2. The Morgan fingerprint density at radius 1 is 1.16 bits per heavy atom. The van der Waals surface area contributed by atoms with E-state index in [2.05, 4.69) is 14.9 Å². The first kappa shape index (κ1) is 16.3. The molecule has 8 heteroatoms. The third-order valence-corrected chi connectivity index (χ3v) is 4.96. The predicted octanol–water partition coefficient (Wildman–Crippen LogP) is 3.40. The standard InChI is InChI=1S/C17H16F2N4OS/c18-12-1-2-15(14(19)9-12)23(11-22-4-6-24-7-5-22)16-13-3-8-25-17(13)21-10-20-16/h1-3,8-10H,4-7,11H2. The highest BCUT2D eigenvalue weighted by atomic mass is 32.1. The van der Waals surface area contributed by atoms with Crippen LogP contribution in [0.15, 0.2) is 36.0 Å². The lowest BCUT2D eigenvalue weighted by Gasteiger charge is -2.33. The van der Waals surface area contributed by atoms with Crippen molar-refractivity contribution < 1.29 is 13.5 Å². The summed E-state index contributed by atoms with van der Waals surface area (Å²) >= 11 is 1.50. The molecule has 25 heavy (non-hydrogen) atoms. The van der Waals surface area contributed by atoms with Gasteiger partial charge in [0.2, 0.25) is 0 Å². The van der Waals surface area contributed by atoms with Gasteiger partial charge < -0.3 is 9.64 Å². The molecule has 2 aromatic heterocycles. The van der Waals surface area contributed by atoms with Crippen LogP contribution >= 0.6 is 11.3 Å². The zero-order chi connectivity index (χ0) is 17.2. The van der Waals surface area contributed by atoms with Gasteiger partial charge in [-0.25, -0.2) is 18.7 Å². The van der Waals surface area contributed by atoms with Crippen LogP contribution in [0.5, 0.6) is 0 Å². The number of hydrogen-bond donors (Lipinski definition) is 0. The van der Waals surface area contributed by atoms with E-state index in [1.165, 1.54) is 29.8 Å². The van der Waals surface area contributed by atoms with Gasteiger partial charge in [0.1, 0.15) is 28.6 Å². The SMILES string of the molecule is Fc1ccc(N(CN2CCOCC2)c2ncnc3sccc23)c(F)c1. The number of ether oxygens (including phenoxy) is 1. The Hall–Kier alpha value is -2.16. The molecule has 3 aromatic rings. The first-order chi connectivity index (χ1) is 12.2. The molecule has 1 aliphatic rings. The van der Waals surface area contributed by atoms with Crippen molar-refractivity contribution in [3.8, 4) is 0 Å². The molecule has 1 aromatic carbocycles. The quantitative estimate of drug-likeness (QED) is 0.712. The van der Waals surface area contributed by atoms with Crippen molar-refractivity contribution in [3.63, 3.8) is 0 Å². The van der Waals surface area contributed by atoms with Gasteiger partial charge in [-0.1, -0.05) is 0 Å². The van der Waals surface area contributed by atoms with Crippen LogP contribution in [0.3, 0.4) is 0 Å². The number of fused-ring (bicyclic) bond motifs is 1. The Labute approximate surface area is 147 Å². The molecule has 0 bridgehead atoms. The molecule has 0 saturated carbocycles. The Bertz CT molecular complexity index is 882. The monoisotopic (exact) mass is 362 g/mol. The van der Waals surface area contributed by atoms with Crippen molar-refractivity contribution in [3.05, 3.63) is 47.6 Å². The lowest BCUT2D eigenvalue weighted by molar-refractivity contribution is 0.0390. The number of rotatable bonds is 4. The molecule has 1 aliphatic heterocycles. The summed E-state index contributed by atoms with van der Waals surface area (Å²) in [7, 11) is 0. The smallest absolute Gasteiger partial charge is 0.149 e. The first-order valence-electron chi connectivity index (χ1n) is 7.93. The molecule has 3 heterocycles. The number of halogens is 2. The molecule has 4 rings (SSSR count). The largest absolute Gasteiger partial charge is 0.379 e. The number of morpholine rings is 1. The van der Waals surface area contributed by atoms with E-state index >= 15 is 0 Å². The van der Waals surface area contributed by atoms with Crippen LogP contribution in [-0.4, -0.2) is 47.8 Å². The number of nitrogens with zero attached hydrogens (tertiary/aromatic N) is 4. The summed E-state index contributed by atoms with van der Waals surface area (Å²) in [6, 6.07) is 5.53. The van der Waals surface area contributed by atoms with Crippen LogP contribution in [0.25, 0.3) is 10.2 Å². The molecule has 0 spiro atoms. The van der Waals surface area contributed by atoms with E-state index in [9.17, 15) is 8.78 Å². The van der Waals surface area contributed by atoms with E-state index in [0.29, 0.717) is 31.4 Å². The Kier molecular flexibility index (Phi) is 4.56. The second-order valence-electron chi connectivity index (χ2n) is 5.73. The van der Waals surface area contributed by atoms with E-state index in [1.54, 1.807) is 4.90 Å². The van der Waals surface area contributed by atoms with Crippen LogP contribution in [0.1, 0.15) is 0 Å². The molecule has 0 radical (unpaired) electrons. The molecule has 0 unspecified atom stereocenters. The van der Waals surface area contributed by atoms with Crippen LogP contribution in [0, 0.1) is 11.6 Å². The van der Waals surface area contributed by atoms with Crippen LogP contribution in [0.4, 0.5) is 20.3 Å². The maximum atomic E-state index is 14.5. The van der Waals surface area contributed by atoms with Gasteiger partial charge in [-0.15, -0.1) is 11.3 Å². The summed E-state index contributed by atoms with van der Waals surface area (Å²) in [6.07, 6.45) is 1.47. The molecule has 0 aliphatic carbocycles. The fourth-order valence-corrected chi connectivity index (χ4v) is 3.62. The third kappa shape index (κ3) is 3.33. The molecule has 5 nitrogen and oxygen atoms in total. The van der Waals surface area contributed by atoms with Gasteiger partial charge in [-0.3, -0.25) is 4.90 Å². The van der Waals surface area contributed by atoms with Gasteiger partial charge in [0, 0.05) is 19.2 Å². The minimum Gasteiger partial charge on any atom is -0.379 e. The number of thiophene rings is 1. The maximum Gasteiger partial charge on any atom is 0.149 e. The van der Waals surface area contributed by atoms with Crippen LogP contribution in [-0.2, 0) is 4.74 Å². The predicted molar refractivity (Wildman–Crippen MR) is 93.2 cm³/mol. The summed E-state index contributed by atoms with van der Waals surface area (Å²) in [5.74, 6) is -0.602. The zero-order valence-electron chi connectivity index (χ0n) is 13.4. The lowest BCUT2D eigenvalue weighted by atomic mass is 10.2. The first-order valence-corrected chi connectivity index (χ1v) is 8.81. The van der Waals surface area contributed by atoms with Gasteiger partial charge in [0.25, 0.3) is 0 Å². The second-order valence-corrected chi connectivity index (χ2v) is 6.63. The van der Waals surface area contributed by atoms with Gasteiger partial charge in [0.05, 0.1) is 31.0 Å².